The molecule has 3 aromatic rings. The molecule has 29 heavy (non-hydrogen) atoms. The number of carbonyl (C=O) groups excluding carboxylic acids is 1. The number of anilines is 2. The van der Waals surface area contributed by atoms with E-state index in [1.807, 2.05) is 29.2 Å². The third-order valence-corrected chi connectivity index (χ3v) is 5.33. The lowest BCUT2D eigenvalue weighted by molar-refractivity contribution is -0.146. The Morgan fingerprint density at radius 2 is 1.76 bits per heavy atom. The molecule has 1 aliphatic heterocycles. The molecule has 0 radical (unpaired) electrons. The van der Waals surface area contributed by atoms with Crippen molar-refractivity contribution in [2.24, 2.45) is 5.92 Å². The molecule has 1 aromatic carbocycles. The Morgan fingerprint density at radius 1 is 1.07 bits per heavy atom. The fourth-order valence-corrected chi connectivity index (χ4v) is 3.54. The summed E-state index contributed by atoms with van der Waals surface area (Å²) >= 11 is 3.35. The van der Waals surface area contributed by atoms with Crippen molar-refractivity contribution in [1.82, 2.24) is 19.8 Å². The number of nitrogens with one attached hydrogen (secondary N) is 1. The second-order valence-corrected chi connectivity index (χ2v) is 7.66. The molecule has 0 saturated carbocycles. The van der Waals surface area contributed by atoms with Gasteiger partial charge in [-0.05, 0) is 49.2 Å². The lowest BCUT2D eigenvalue weighted by Gasteiger charge is -2.32. The maximum absolute atomic E-state index is 13.0. The van der Waals surface area contributed by atoms with E-state index >= 15 is 0 Å². The van der Waals surface area contributed by atoms with Gasteiger partial charge in [-0.25, -0.2) is 0 Å². The van der Waals surface area contributed by atoms with Crippen LogP contribution in [0, 0.1) is 5.92 Å². The standard InChI is InChI=1S/C18H16BrF3N6O/c19-12-1-3-13(4-2-12)23-16(29)11-7-9-27(10-8-11)15-6-5-14-24-25-17(18(20,21)22)28(14)26-15/h1-6,11H,7-10H2,(H,23,29). The normalized spacial score (nSPS) is 15.7. The van der Waals surface area contributed by atoms with Crippen molar-refractivity contribution in [1.29, 1.82) is 0 Å². The van der Waals surface area contributed by atoms with E-state index in [9.17, 15) is 18.0 Å². The van der Waals surface area contributed by atoms with Crippen LogP contribution in [0.3, 0.4) is 0 Å². The molecule has 0 unspecified atom stereocenters. The number of piperidine rings is 1. The Bertz CT molecular complexity index is 1030. The number of hydrogen-bond acceptors (Lipinski definition) is 5. The Balaban J connectivity index is 1.42. The largest absolute Gasteiger partial charge is 0.453 e. The fraction of sp³-hybridized carbons (Fsp3) is 0.333. The number of hydrogen-bond donors (Lipinski definition) is 1. The van der Waals surface area contributed by atoms with Gasteiger partial charge in [-0.1, -0.05) is 15.9 Å². The van der Waals surface area contributed by atoms with E-state index in [0.717, 1.165) is 10.2 Å². The third kappa shape index (κ3) is 4.19. The molecule has 3 heterocycles. The number of alkyl halides is 3. The van der Waals surface area contributed by atoms with E-state index in [2.05, 4.69) is 36.5 Å². The minimum atomic E-state index is -4.64. The van der Waals surface area contributed by atoms with Crippen LogP contribution in [0.25, 0.3) is 5.65 Å². The van der Waals surface area contributed by atoms with Crippen molar-refractivity contribution in [2.45, 2.75) is 19.0 Å². The summed E-state index contributed by atoms with van der Waals surface area (Å²) in [5.41, 5.74) is 0.755. The van der Waals surface area contributed by atoms with E-state index < -0.39 is 12.0 Å². The molecule has 152 valence electrons. The average molecular weight is 469 g/mol. The van der Waals surface area contributed by atoms with Crippen LogP contribution in [0.1, 0.15) is 18.7 Å². The monoisotopic (exact) mass is 468 g/mol. The van der Waals surface area contributed by atoms with Crippen LogP contribution < -0.4 is 10.2 Å². The number of fused-ring (bicyclic) bond motifs is 1. The van der Waals surface area contributed by atoms with Gasteiger partial charge in [0.1, 0.15) is 5.82 Å². The van der Waals surface area contributed by atoms with E-state index in [-0.39, 0.29) is 17.5 Å². The molecule has 1 aliphatic rings. The Hall–Kier alpha value is -2.69. The molecule has 7 nitrogen and oxygen atoms in total. The number of aromatic nitrogens is 4. The minimum absolute atomic E-state index is 0.0323. The SMILES string of the molecule is O=C(Nc1ccc(Br)cc1)C1CCN(c2ccc3nnc(C(F)(F)F)n3n2)CC1. The van der Waals surface area contributed by atoms with Gasteiger partial charge in [-0.2, -0.15) is 17.7 Å². The van der Waals surface area contributed by atoms with E-state index in [0.29, 0.717) is 36.3 Å². The first-order chi connectivity index (χ1) is 13.8. The molecule has 2 aromatic heterocycles. The molecule has 0 bridgehead atoms. The number of halogens is 4. The summed E-state index contributed by atoms with van der Waals surface area (Å²) in [6.45, 7) is 1.03. The zero-order valence-electron chi connectivity index (χ0n) is 15.0. The van der Waals surface area contributed by atoms with Crippen LogP contribution in [-0.2, 0) is 11.0 Å². The zero-order valence-corrected chi connectivity index (χ0v) is 16.6. The third-order valence-electron chi connectivity index (χ3n) is 4.80. The van der Waals surface area contributed by atoms with Crippen LogP contribution in [0.15, 0.2) is 40.9 Å². The first-order valence-electron chi connectivity index (χ1n) is 8.92. The van der Waals surface area contributed by atoms with Crippen molar-refractivity contribution in [3.05, 3.63) is 46.7 Å². The highest BCUT2D eigenvalue weighted by Gasteiger charge is 2.38. The molecule has 0 atom stereocenters. The predicted molar refractivity (Wildman–Crippen MR) is 103 cm³/mol. The van der Waals surface area contributed by atoms with Crippen LogP contribution in [0.4, 0.5) is 24.7 Å². The summed E-state index contributed by atoms with van der Waals surface area (Å²) in [5.74, 6) is -0.986. The quantitative estimate of drug-likeness (QED) is 0.633. The Morgan fingerprint density at radius 3 is 2.41 bits per heavy atom. The molecule has 11 heteroatoms. The van der Waals surface area contributed by atoms with Gasteiger partial charge in [0.2, 0.25) is 5.91 Å². The van der Waals surface area contributed by atoms with Gasteiger partial charge < -0.3 is 10.2 Å². The summed E-state index contributed by atoms with van der Waals surface area (Å²) in [6, 6.07) is 10.4. The summed E-state index contributed by atoms with van der Waals surface area (Å²) in [7, 11) is 0. The maximum Gasteiger partial charge on any atom is 0.453 e. The van der Waals surface area contributed by atoms with E-state index in [1.54, 1.807) is 6.07 Å². The van der Waals surface area contributed by atoms with Gasteiger partial charge >= 0.3 is 6.18 Å². The Labute approximate surface area is 172 Å². The topological polar surface area (TPSA) is 75.4 Å². The van der Waals surface area contributed by atoms with Crippen LogP contribution in [-0.4, -0.2) is 38.8 Å². The average Bonchev–Trinajstić information content (AvgIpc) is 3.13. The molecular weight excluding hydrogens is 453 g/mol. The predicted octanol–water partition coefficient (Wildman–Crippen LogP) is 3.76. The summed E-state index contributed by atoms with van der Waals surface area (Å²) in [4.78, 5) is 14.4. The van der Waals surface area contributed by atoms with Crippen molar-refractivity contribution in [3.8, 4) is 0 Å². The van der Waals surface area contributed by atoms with Gasteiger partial charge in [0.05, 0.1) is 0 Å². The van der Waals surface area contributed by atoms with Crippen molar-refractivity contribution < 1.29 is 18.0 Å². The molecule has 1 fully saturated rings. The molecule has 4 rings (SSSR count). The Kier molecular flexibility index (Phi) is 5.15. The molecule has 0 spiro atoms. The number of rotatable bonds is 3. The molecule has 1 N–H and O–H groups in total. The van der Waals surface area contributed by atoms with Gasteiger partial charge in [0.15, 0.2) is 5.65 Å². The lowest BCUT2D eigenvalue weighted by Crippen LogP contribution is -2.38. The van der Waals surface area contributed by atoms with Gasteiger partial charge in [0, 0.05) is 29.2 Å². The second kappa shape index (κ2) is 7.62. The van der Waals surface area contributed by atoms with Crippen molar-refractivity contribution in [3.63, 3.8) is 0 Å². The zero-order chi connectivity index (χ0) is 20.6. The van der Waals surface area contributed by atoms with Crippen molar-refractivity contribution in [2.75, 3.05) is 23.3 Å². The molecule has 1 amide bonds. The van der Waals surface area contributed by atoms with Crippen LogP contribution >= 0.6 is 15.9 Å². The maximum atomic E-state index is 13.0. The van der Waals surface area contributed by atoms with Gasteiger partial charge in [-0.3, -0.25) is 4.79 Å². The first-order valence-corrected chi connectivity index (χ1v) is 9.71. The smallest absolute Gasteiger partial charge is 0.355 e. The number of amides is 1. The van der Waals surface area contributed by atoms with Gasteiger partial charge in [0.25, 0.3) is 5.82 Å². The molecule has 0 aliphatic carbocycles. The number of carbonyl (C=O) groups is 1. The number of nitrogens with zero attached hydrogens (tertiary/aromatic N) is 5. The van der Waals surface area contributed by atoms with E-state index in [4.69, 9.17) is 0 Å². The second-order valence-electron chi connectivity index (χ2n) is 6.74. The van der Waals surface area contributed by atoms with Crippen LogP contribution in [0.5, 0.6) is 0 Å². The van der Waals surface area contributed by atoms with Gasteiger partial charge in [-0.15, -0.1) is 15.3 Å². The minimum Gasteiger partial charge on any atom is -0.355 e. The first kappa shape index (κ1) is 19.6. The summed E-state index contributed by atoms with van der Waals surface area (Å²) in [6.07, 6.45) is -3.48. The lowest BCUT2D eigenvalue weighted by atomic mass is 9.96. The summed E-state index contributed by atoms with van der Waals surface area (Å²) < 4.78 is 40.8. The van der Waals surface area contributed by atoms with Crippen molar-refractivity contribution >= 4 is 39.0 Å². The summed E-state index contributed by atoms with van der Waals surface area (Å²) in [5, 5.41) is 13.7. The number of benzene rings is 1. The molecule has 1 saturated heterocycles. The highest BCUT2D eigenvalue weighted by Crippen LogP contribution is 2.29. The van der Waals surface area contributed by atoms with Crippen LogP contribution in [0.2, 0.25) is 0 Å². The molecular formula is C18H16BrF3N6O. The van der Waals surface area contributed by atoms with E-state index in [1.165, 1.54) is 6.07 Å². The highest BCUT2D eigenvalue weighted by atomic mass is 79.9. The fourth-order valence-electron chi connectivity index (χ4n) is 3.27. The highest BCUT2D eigenvalue weighted by molar-refractivity contribution is 9.10.